The number of anilines is 1. The fraction of sp³-hybridized carbons (Fsp3) is 0.156. The van der Waals surface area contributed by atoms with Gasteiger partial charge in [-0.05, 0) is 69.2 Å². The summed E-state index contributed by atoms with van der Waals surface area (Å²) < 4.78 is 1.59. The number of nitrogens with one attached hydrogen (secondary N) is 2. The summed E-state index contributed by atoms with van der Waals surface area (Å²) in [6.45, 7) is 7.70. The molecule has 0 atom stereocenters. The molecular weight excluding hydrogens is 567 g/mol. The monoisotopic (exact) mass is 593 g/mol. The molecule has 6 aromatic rings. The lowest BCUT2D eigenvalue weighted by molar-refractivity contribution is 0.103. The summed E-state index contributed by atoms with van der Waals surface area (Å²) in [7, 11) is 0. The third-order valence-electron chi connectivity index (χ3n) is 7.06. The van der Waals surface area contributed by atoms with Crippen LogP contribution in [0.5, 0.6) is 0 Å². The quantitative estimate of drug-likeness (QED) is 0.169. The van der Waals surface area contributed by atoms with Crippen molar-refractivity contribution < 1.29 is 4.79 Å². The normalized spacial score (nSPS) is 11.3. The van der Waals surface area contributed by atoms with Crippen molar-refractivity contribution in [3.8, 4) is 5.69 Å². The first-order valence-electron chi connectivity index (χ1n) is 13.3. The van der Waals surface area contributed by atoms with E-state index in [1.165, 1.54) is 23.1 Å². The Morgan fingerprint density at radius 1 is 0.952 bits per heavy atom. The Balaban J connectivity index is 1.34. The van der Waals surface area contributed by atoms with E-state index in [0.717, 1.165) is 22.4 Å². The Morgan fingerprint density at radius 3 is 2.45 bits per heavy atom. The van der Waals surface area contributed by atoms with Gasteiger partial charge in [0.2, 0.25) is 0 Å². The number of para-hydroxylation sites is 1. The number of nitrogens with zero attached hydrogens (tertiary/aromatic N) is 3. The summed E-state index contributed by atoms with van der Waals surface area (Å²) in [6.07, 6.45) is 0. The summed E-state index contributed by atoms with van der Waals surface area (Å²) in [5.74, 6) is 0.418. The lowest BCUT2D eigenvalue weighted by Crippen LogP contribution is -2.22. The zero-order valence-electron chi connectivity index (χ0n) is 23.4. The molecule has 3 aromatic carbocycles. The van der Waals surface area contributed by atoms with Gasteiger partial charge in [-0.3, -0.25) is 19.0 Å². The molecule has 0 aliphatic carbocycles. The highest BCUT2D eigenvalue weighted by molar-refractivity contribution is 7.98. The van der Waals surface area contributed by atoms with Crippen LogP contribution in [-0.2, 0) is 5.75 Å². The van der Waals surface area contributed by atoms with Gasteiger partial charge in [-0.25, -0.2) is 9.97 Å². The lowest BCUT2D eigenvalue weighted by atomic mass is 10.1. The summed E-state index contributed by atoms with van der Waals surface area (Å²) in [4.78, 5) is 53.2. The van der Waals surface area contributed by atoms with Crippen molar-refractivity contribution >= 4 is 55.8 Å². The predicted molar refractivity (Wildman–Crippen MR) is 170 cm³/mol. The second-order valence-corrected chi connectivity index (χ2v) is 12.1. The lowest BCUT2D eigenvalue weighted by Gasteiger charge is -2.13. The molecule has 0 aliphatic rings. The van der Waals surface area contributed by atoms with Gasteiger partial charge in [0.25, 0.3) is 17.0 Å². The highest BCUT2D eigenvalue weighted by Crippen LogP contribution is 2.30. The van der Waals surface area contributed by atoms with Gasteiger partial charge in [-0.2, -0.15) is 0 Å². The van der Waals surface area contributed by atoms with E-state index in [9.17, 15) is 14.4 Å². The van der Waals surface area contributed by atoms with Crippen molar-refractivity contribution in [2.75, 3.05) is 5.32 Å². The maximum Gasteiger partial charge on any atom is 0.266 e. The molecule has 0 saturated carbocycles. The van der Waals surface area contributed by atoms with Gasteiger partial charge >= 0.3 is 0 Å². The number of thiophene rings is 1. The molecule has 0 unspecified atom stereocenters. The summed E-state index contributed by atoms with van der Waals surface area (Å²) in [6, 6.07) is 20.8. The standard InChI is InChI=1S/C32H27N5O3S2/c1-17-9-12-21(13-10-17)37-31(40)22-7-5-6-8-24(22)34-32(37)41-16-25-35-28(38)26-20(4)27(42-30(26)36-25)29(39)33-23-14-11-18(2)15-19(23)3/h5-15H,16H2,1-4H3,(H,33,39)(H,35,36,38). The minimum absolute atomic E-state index is 0.169. The molecule has 0 aliphatic heterocycles. The highest BCUT2D eigenvalue weighted by atomic mass is 32.2. The molecule has 0 radical (unpaired) electrons. The molecule has 0 spiro atoms. The number of benzene rings is 3. The highest BCUT2D eigenvalue weighted by Gasteiger charge is 2.21. The van der Waals surface area contributed by atoms with E-state index in [1.807, 2.05) is 81.4 Å². The van der Waals surface area contributed by atoms with Gasteiger partial charge in [-0.1, -0.05) is 59.3 Å². The molecule has 210 valence electrons. The van der Waals surface area contributed by atoms with E-state index in [4.69, 9.17) is 9.97 Å². The van der Waals surface area contributed by atoms with Crippen LogP contribution in [0, 0.1) is 27.7 Å². The Bertz CT molecular complexity index is 2130. The van der Waals surface area contributed by atoms with Crippen LogP contribution < -0.4 is 16.4 Å². The van der Waals surface area contributed by atoms with Crippen molar-refractivity contribution in [1.82, 2.24) is 19.5 Å². The largest absolute Gasteiger partial charge is 0.321 e. The van der Waals surface area contributed by atoms with Crippen LogP contribution in [0.15, 0.2) is 81.5 Å². The average Bonchev–Trinajstić information content (AvgIpc) is 3.31. The number of thioether (sulfide) groups is 1. The number of fused-ring (bicyclic) bond motifs is 2. The number of aromatic nitrogens is 4. The number of aryl methyl sites for hydroxylation is 4. The third-order valence-corrected chi connectivity index (χ3v) is 9.20. The number of hydrogen-bond donors (Lipinski definition) is 2. The van der Waals surface area contributed by atoms with Gasteiger partial charge < -0.3 is 10.3 Å². The SMILES string of the molecule is Cc1ccc(-n2c(SCc3nc4sc(C(=O)Nc5ccc(C)cc5C)c(C)c4c(=O)[nH]3)nc3ccccc3c2=O)cc1. The minimum atomic E-state index is -0.308. The van der Waals surface area contributed by atoms with E-state index in [2.05, 4.69) is 10.3 Å². The van der Waals surface area contributed by atoms with E-state index in [0.29, 0.717) is 48.2 Å². The molecule has 6 rings (SSSR count). The number of carbonyl (C=O) groups is 1. The van der Waals surface area contributed by atoms with Crippen LogP contribution in [0.2, 0.25) is 0 Å². The van der Waals surface area contributed by atoms with Crippen LogP contribution in [0.1, 0.15) is 37.7 Å². The fourth-order valence-electron chi connectivity index (χ4n) is 4.87. The molecule has 0 bridgehead atoms. The first-order valence-corrected chi connectivity index (χ1v) is 15.1. The third kappa shape index (κ3) is 5.15. The number of aromatic amines is 1. The van der Waals surface area contributed by atoms with Crippen molar-refractivity contribution in [2.45, 2.75) is 38.6 Å². The second-order valence-electron chi connectivity index (χ2n) is 10.2. The average molecular weight is 594 g/mol. The molecule has 1 amide bonds. The predicted octanol–water partition coefficient (Wildman–Crippen LogP) is 6.46. The first-order chi connectivity index (χ1) is 20.2. The summed E-state index contributed by atoms with van der Waals surface area (Å²) >= 11 is 2.50. The van der Waals surface area contributed by atoms with Crippen molar-refractivity contribution in [3.05, 3.63) is 120 Å². The van der Waals surface area contributed by atoms with Crippen LogP contribution in [-0.4, -0.2) is 25.4 Å². The van der Waals surface area contributed by atoms with Crippen LogP contribution in [0.4, 0.5) is 5.69 Å². The van der Waals surface area contributed by atoms with E-state index < -0.39 is 0 Å². The molecule has 0 saturated heterocycles. The number of hydrogen-bond acceptors (Lipinski definition) is 7. The maximum atomic E-state index is 13.5. The first kappa shape index (κ1) is 27.6. The molecule has 42 heavy (non-hydrogen) atoms. The van der Waals surface area contributed by atoms with Gasteiger partial charge in [0.15, 0.2) is 5.16 Å². The van der Waals surface area contributed by atoms with E-state index in [1.54, 1.807) is 17.6 Å². The molecule has 0 fully saturated rings. The zero-order chi connectivity index (χ0) is 29.5. The van der Waals surface area contributed by atoms with Crippen LogP contribution in [0.25, 0.3) is 26.8 Å². The minimum Gasteiger partial charge on any atom is -0.321 e. The van der Waals surface area contributed by atoms with Gasteiger partial charge in [0.1, 0.15) is 10.7 Å². The van der Waals surface area contributed by atoms with Crippen LogP contribution >= 0.6 is 23.1 Å². The number of amides is 1. The van der Waals surface area contributed by atoms with Gasteiger partial charge in [-0.15, -0.1) is 11.3 Å². The molecule has 3 aromatic heterocycles. The Hall–Kier alpha value is -4.54. The Morgan fingerprint density at radius 2 is 1.69 bits per heavy atom. The smallest absolute Gasteiger partial charge is 0.266 e. The van der Waals surface area contributed by atoms with Gasteiger partial charge in [0.05, 0.1) is 32.6 Å². The van der Waals surface area contributed by atoms with Crippen molar-refractivity contribution in [3.63, 3.8) is 0 Å². The fourth-order valence-corrected chi connectivity index (χ4v) is 6.85. The Labute approximate surface area is 249 Å². The number of rotatable bonds is 6. The molecule has 3 heterocycles. The van der Waals surface area contributed by atoms with Crippen molar-refractivity contribution in [2.24, 2.45) is 0 Å². The zero-order valence-corrected chi connectivity index (χ0v) is 25.1. The van der Waals surface area contributed by atoms with E-state index >= 15 is 0 Å². The van der Waals surface area contributed by atoms with Gasteiger partial charge in [0, 0.05) is 5.69 Å². The van der Waals surface area contributed by atoms with Crippen molar-refractivity contribution in [1.29, 1.82) is 0 Å². The second kappa shape index (κ2) is 11.0. The van der Waals surface area contributed by atoms with Crippen LogP contribution in [0.3, 0.4) is 0 Å². The molecule has 8 nitrogen and oxygen atoms in total. The number of H-pyrrole nitrogens is 1. The number of carbonyl (C=O) groups excluding carboxylic acids is 1. The summed E-state index contributed by atoms with van der Waals surface area (Å²) in [5.41, 5.74) is 5.30. The molecular formula is C32H27N5O3S2. The summed E-state index contributed by atoms with van der Waals surface area (Å²) in [5, 5.41) is 4.38. The molecule has 10 heteroatoms. The molecule has 2 N–H and O–H groups in total. The maximum absolute atomic E-state index is 13.5. The topological polar surface area (TPSA) is 110 Å². The van der Waals surface area contributed by atoms with E-state index in [-0.39, 0.29) is 22.8 Å². The Kier molecular flexibility index (Phi) is 7.26.